The minimum absolute atomic E-state index is 0.0180. The predicted octanol–water partition coefficient (Wildman–Crippen LogP) is 6.66. The van der Waals surface area contributed by atoms with Gasteiger partial charge in [-0.2, -0.15) is 0 Å². The molecule has 0 radical (unpaired) electrons. The fraction of sp³-hybridized carbons (Fsp3) is 0.488. The van der Waals surface area contributed by atoms with Crippen LogP contribution in [0.1, 0.15) is 93.2 Å². The molecule has 0 aromatic heterocycles. The molecule has 2 aliphatic heterocycles. The first-order chi connectivity index (χ1) is 26.4. The average molecular weight is 770 g/mol. The van der Waals surface area contributed by atoms with Gasteiger partial charge in [0.1, 0.15) is 35.2 Å². The van der Waals surface area contributed by atoms with E-state index in [9.17, 15) is 28.8 Å². The molecule has 4 unspecified atom stereocenters. The molecular formula is C43H51N3O10. The largest absolute Gasteiger partial charge is 0.444 e. The van der Waals surface area contributed by atoms with E-state index >= 15 is 0 Å². The summed E-state index contributed by atoms with van der Waals surface area (Å²) in [6.45, 7) is 17.4. The fourth-order valence-electron chi connectivity index (χ4n) is 7.38. The van der Waals surface area contributed by atoms with Gasteiger partial charge in [0, 0.05) is 35.6 Å². The Labute approximate surface area is 327 Å². The quantitative estimate of drug-likeness (QED) is 0.286. The van der Waals surface area contributed by atoms with Gasteiger partial charge in [0.05, 0.1) is 26.3 Å². The summed E-state index contributed by atoms with van der Waals surface area (Å²) in [7, 11) is 0. The molecule has 2 amide bonds. The van der Waals surface area contributed by atoms with Crippen molar-refractivity contribution in [1.29, 1.82) is 0 Å². The molecule has 2 fully saturated rings. The number of Topliss-reactive ketones (excluding diaryl/α,β-unsaturated/α-hetero) is 4. The van der Waals surface area contributed by atoms with Crippen molar-refractivity contribution in [2.24, 2.45) is 11.8 Å². The van der Waals surface area contributed by atoms with Crippen molar-refractivity contribution in [3.8, 4) is 0 Å². The molecule has 0 spiro atoms. The van der Waals surface area contributed by atoms with Crippen LogP contribution >= 0.6 is 0 Å². The lowest BCUT2D eigenvalue weighted by molar-refractivity contribution is -0.137. The Bertz CT molecular complexity index is 2000. The van der Waals surface area contributed by atoms with E-state index in [2.05, 4.69) is 11.9 Å². The van der Waals surface area contributed by atoms with Gasteiger partial charge in [0.2, 0.25) is 0 Å². The summed E-state index contributed by atoms with van der Waals surface area (Å²) in [6.07, 6.45) is 0.299. The van der Waals surface area contributed by atoms with Crippen molar-refractivity contribution in [3.63, 3.8) is 0 Å². The normalized spacial score (nSPS) is 23.2. The minimum Gasteiger partial charge on any atom is -0.444 e. The van der Waals surface area contributed by atoms with Gasteiger partial charge in [-0.1, -0.05) is 38.1 Å². The number of nitrogens with zero attached hydrogens (tertiary/aromatic N) is 2. The van der Waals surface area contributed by atoms with Gasteiger partial charge in [-0.25, -0.2) is 9.59 Å². The minimum atomic E-state index is -1.16. The maximum atomic E-state index is 14.1. The number of carbonyl (C=O) groups is 6. The van der Waals surface area contributed by atoms with Gasteiger partial charge in [-0.3, -0.25) is 19.2 Å². The van der Waals surface area contributed by atoms with Crippen LogP contribution in [-0.4, -0.2) is 108 Å². The Morgan fingerprint density at radius 2 is 1.21 bits per heavy atom. The molecule has 6 rings (SSSR count). The third-order valence-electron chi connectivity index (χ3n) is 9.99. The maximum Gasteiger partial charge on any atom is 0.410 e. The highest BCUT2D eigenvalue weighted by Gasteiger charge is 2.46. The van der Waals surface area contributed by atoms with Gasteiger partial charge < -0.3 is 34.1 Å². The number of anilines is 2. The topological polar surface area (TPSA) is 158 Å². The zero-order valence-corrected chi connectivity index (χ0v) is 33.2. The van der Waals surface area contributed by atoms with Crippen LogP contribution in [0, 0.1) is 11.8 Å². The Morgan fingerprint density at radius 3 is 1.71 bits per heavy atom. The molecule has 4 atom stereocenters. The van der Waals surface area contributed by atoms with Crippen molar-refractivity contribution in [2.45, 2.75) is 84.7 Å². The van der Waals surface area contributed by atoms with Crippen molar-refractivity contribution in [3.05, 3.63) is 71.3 Å². The van der Waals surface area contributed by atoms with Crippen LogP contribution in [0.25, 0.3) is 11.1 Å². The summed E-state index contributed by atoms with van der Waals surface area (Å²) in [6, 6.07) is 10.4. The molecule has 0 saturated carbocycles. The highest BCUT2D eigenvalue weighted by Crippen LogP contribution is 2.42. The molecule has 1 N–H and O–H groups in total. The van der Waals surface area contributed by atoms with Gasteiger partial charge in [-0.15, -0.1) is 0 Å². The summed E-state index contributed by atoms with van der Waals surface area (Å²) in [5.74, 6) is -3.89. The molecule has 13 nitrogen and oxygen atoms in total. The Hall–Kier alpha value is -5.14. The lowest BCUT2D eigenvalue weighted by Gasteiger charge is -2.34. The van der Waals surface area contributed by atoms with Crippen LogP contribution in [-0.2, 0) is 28.5 Å². The van der Waals surface area contributed by atoms with E-state index in [1.54, 1.807) is 77.9 Å². The molecule has 0 bridgehead atoms. The van der Waals surface area contributed by atoms with E-state index in [-0.39, 0.29) is 45.2 Å². The number of ether oxygens (including phenoxy) is 4. The Kier molecular flexibility index (Phi) is 11.4. The average Bonchev–Trinajstić information content (AvgIpc) is 3.56. The number of rotatable bonds is 8. The number of fused-ring (bicyclic) bond motifs is 2. The fourth-order valence-corrected chi connectivity index (χ4v) is 7.38. The van der Waals surface area contributed by atoms with E-state index in [0.717, 1.165) is 6.42 Å². The summed E-state index contributed by atoms with van der Waals surface area (Å²) in [5, 5.41) is 3.28. The predicted molar refractivity (Wildman–Crippen MR) is 209 cm³/mol. The number of morpholine rings is 2. The first-order valence-electron chi connectivity index (χ1n) is 19.2. The lowest BCUT2D eigenvalue weighted by Crippen LogP contribution is -2.51. The van der Waals surface area contributed by atoms with Crippen LogP contribution < -0.4 is 5.32 Å². The van der Waals surface area contributed by atoms with E-state index in [1.807, 2.05) is 13.0 Å². The summed E-state index contributed by atoms with van der Waals surface area (Å²) in [4.78, 5) is 84.0. The highest BCUT2D eigenvalue weighted by atomic mass is 16.6. The van der Waals surface area contributed by atoms with Crippen molar-refractivity contribution < 1.29 is 47.7 Å². The molecule has 13 heteroatoms. The lowest BCUT2D eigenvalue weighted by atomic mass is 9.90. The second-order valence-electron chi connectivity index (χ2n) is 16.6. The molecule has 2 heterocycles. The molecular weight excluding hydrogens is 718 g/mol. The molecule has 2 saturated heterocycles. The van der Waals surface area contributed by atoms with E-state index in [1.165, 1.54) is 9.80 Å². The monoisotopic (exact) mass is 769 g/mol. The van der Waals surface area contributed by atoms with Gasteiger partial charge in [0.25, 0.3) is 0 Å². The molecule has 2 aliphatic carbocycles. The SMILES string of the molecule is C=C1c2ccc(Nc3ccc4c(c3)C(=O)C(C(=O)C3CN(C(=O)OC(C)(C)C)CCO3)C4=CCCC)cc2C(=O)C1C(=O)C1CN(C(=O)OC(C)(C)C)CCO1. The number of allylic oxidation sites excluding steroid dienone is 3. The zero-order chi connectivity index (χ0) is 40.7. The molecule has 2 aromatic rings. The second-order valence-corrected chi connectivity index (χ2v) is 16.6. The smallest absolute Gasteiger partial charge is 0.410 e. The van der Waals surface area contributed by atoms with Crippen molar-refractivity contribution >= 4 is 57.8 Å². The molecule has 4 aliphatic rings. The zero-order valence-electron chi connectivity index (χ0n) is 33.2. The number of carbonyl (C=O) groups excluding carboxylic acids is 6. The van der Waals surface area contributed by atoms with Gasteiger partial charge in [0.15, 0.2) is 23.1 Å². The molecule has 298 valence electrons. The summed E-state index contributed by atoms with van der Waals surface area (Å²) in [5.41, 5.74) is 2.57. The van der Waals surface area contributed by atoms with Crippen LogP contribution in [0.2, 0.25) is 0 Å². The first-order valence-corrected chi connectivity index (χ1v) is 19.2. The summed E-state index contributed by atoms with van der Waals surface area (Å²) < 4.78 is 22.6. The van der Waals surface area contributed by atoms with Crippen molar-refractivity contribution in [1.82, 2.24) is 9.80 Å². The number of nitrogens with one attached hydrogen (secondary N) is 1. The van der Waals surface area contributed by atoms with E-state index in [4.69, 9.17) is 18.9 Å². The van der Waals surface area contributed by atoms with Gasteiger partial charge >= 0.3 is 12.2 Å². The van der Waals surface area contributed by atoms with E-state index < -0.39 is 64.8 Å². The van der Waals surface area contributed by atoms with Gasteiger partial charge in [-0.05, 0) is 94.5 Å². The Balaban J connectivity index is 1.17. The second kappa shape index (κ2) is 15.8. The third-order valence-corrected chi connectivity index (χ3v) is 9.99. The number of hydrogen-bond acceptors (Lipinski definition) is 11. The van der Waals surface area contributed by atoms with Crippen LogP contribution in [0.4, 0.5) is 21.0 Å². The number of amides is 2. The van der Waals surface area contributed by atoms with Crippen molar-refractivity contribution in [2.75, 3.05) is 44.7 Å². The first kappa shape index (κ1) is 40.5. The standard InChI is InChI=1S/C43H51N3O10/c1-9-10-11-29-28-15-13-26(21-31(28)37(48)35(29)39(50)33-23-46(17-19-54-33)41(52)56-43(6,7)8)44-25-12-14-27-24(2)34(36(47)30(27)20-25)38(49)32-22-45(16-18-53-32)40(51)55-42(3,4)5/h11-15,20-21,32-35,44H,2,9-10,16-19,22-23H2,1,3-8H3. The van der Waals surface area contributed by atoms with Crippen LogP contribution in [0.15, 0.2) is 49.1 Å². The molecule has 56 heavy (non-hydrogen) atoms. The highest BCUT2D eigenvalue weighted by molar-refractivity contribution is 6.27. The number of unbranched alkanes of at least 4 members (excludes halogenated alkanes) is 1. The van der Waals surface area contributed by atoms with Crippen LogP contribution in [0.3, 0.4) is 0 Å². The summed E-state index contributed by atoms with van der Waals surface area (Å²) >= 11 is 0. The number of hydrogen-bond donors (Lipinski definition) is 1. The third kappa shape index (κ3) is 8.48. The molecule has 2 aromatic carbocycles. The van der Waals surface area contributed by atoms with E-state index in [0.29, 0.717) is 51.2 Å². The maximum absolute atomic E-state index is 14.1. The van der Waals surface area contributed by atoms with Crippen LogP contribution in [0.5, 0.6) is 0 Å². The Morgan fingerprint density at radius 1 is 0.750 bits per heavy atom. The number of ketones is 4. The number of benzene rings is 2.